The normalized spacial score (nSPS) is 17.8. The molecule has 170 valence electrons. The number of hydrogen-bond donors (Lipinski definition) is 1. The van der Waals surface area contributed by atoms with Crippen molar-refractivity contribution in [1.29, 1.82) is 0 Å². The Kier molecular flexibility index (Phi) is 5.49. The van der Waals surface area contributed by atoms with Gasteiger partial charge in [-0.05, 0) is 35.2 Å². The average Bonchev–Trinajstić information content (AvgIpc) is 3.37. The molecule has 0 spiro atoms. The predicted octanol–water partition coefficient (Wildman–Crippen LogP) is 6.19. The summed E-state index contributed by atoms with van der Waals surface area (Å²) in [4.78, 5) is 32.3. The van der Waals surface area contributed by atoms with E-state index in [2.05, 4.69) is 18.8 Å². The summed E-state index contributed by atoms with van der Waals surface area (Å²) < 4.78 is 14.3. The molecule has 1 N–H and O–H groups in total. The van der Waals surface area contributed by atoms with Crippen LogP contribution in [0.3, 0.4) is 0 Å². The molecule has 1 aliphatic rings. The molecular weight excluding hydrogens is 451 g/mol. The summed E-state index contributed by atoms with van der Waals surface area (Å²) in [6, 6.07) is 19.6. The van der Waals surface area contributed by atoms with Crippen LogP contribution in [-0.2, 0) is 9.59 Å². The first-order valence-electron chi connectivity index (χ1n) is 10.9. The predicted molar refractivity (Wildman–Crippen MR) is 131 cm³/mol. The van der Waals surface area contributed by atoms with Gasteiger partial charge in [0.2, 0.25) is 0 Å². The molecule has 1 fully saturated rings. The number of carbonyl (C=O) groups excluding carboxylic acids is 2. The first-order valence-corrected chi connectivity index (χ1v) is 11.7. The summed E-state index contributed by atoms with van der Waals surface area (Å²) in [6.45, 7) is 4.16. The molecule has 5 nitrogen and oxygen atoms in total. The zero-order valence-corrected chi connectivity index (χ0v) is 19.3. The number of rotatable bonds is 4. The van der Waals surface area contributed by atoms with E-state index in [9.17, 15) is 19.1 Å². The fourth-order valence-corrected chi connectivity index (χ4v) is 5.17. The lowest BCUT2D eigenvalue weighted by atomic mass is 9.93. The molecule has 0 aliphatic carbocycles. The first kappa shape index (κ1) is 22.0. The average molecular weight is 473 g/mol. The van der Waals surface area contributed by atoms with E-state index in [1.807, 2.05) is 24.3 Å². The highest BCUT2D eigenvalue weighted by Crippen LogP contribution is 2.44. The Morgan fingerprint density at radius 2 is 1.74 bits per heavy atom. The molecule has 0 saturated carbocycles. The Balaban J connectivity index is 1.72. The number of thiazole rings is 1. The van der Waals surface area contributed by atoms with Crippen molar-refractivity contribution < 1.29 is 19.1 Å². The zero-order chi connectivity index (χ0) is 24.0. The van der Waals surface area contributed by atoms with Gasteiger partial charge in [0.05, 0.1) is 21.8 Å². The smallest absolute Gasteiger partial charge is 0.301 e. The standard InChI is InChI=1S/C27H21FN2O3S/c1-15(2)16-8-10-17(11-9-16)23-22(24(31)18-6-4-3-5-7-18)25(32)26(33)30(23)27-29-20-13-12-19(28)14-21(20)34-27/h3-15,23,31H,1-2H3/b24-22+/t23-/m1/s1. The summed E-state index contributed by atoms with van der Waals surface area (Å²) >= 11 is 1.13. The van der Waals surface area contributed by atoms with Crippen LogP contribution in [0.5, 0.6) is 0 Å². The van der Waals surface area contributed by atoms with E-state index >= 15 is 0 Å². The van der Waals surface area contributed by atoms with Gasteiger partial charge in [0.1, 0.15) is 11.6 Å². The highest BCUT2D eigenvalue weighted by atomic mass is 32.1. The van der Waals surface area contributed by atoms with Gasteiger partial charge in [-0.3, -0.25) is 14.5 Å². The van der Waals surface area contributed by atoms with Gasteiger partial charge in [-0.2, -0.15) is 0 Å². The molecular formula is C27H21FN2O3S. The van der Waals surface area contributed by atoms with Gasteiger partial charge >= 0.3 is 5.91 Å². The number of hydrogen-bond acceptors (Lipinski definition) is 5. The molecule has 0 unspecified atom stereocenters. The second kappa shape index (κ2) is 8.50. The quantitative estimate of drug-likeness (QED) is 0.219. The van der Waals surface area contributed by atoms with Crippen molar-refractivity contribution in [2.75, 3.05) is 4.90 Å². The number of Topliss-reactive ketones (excluding diaryl/α,β-unsaturated/α-hetero) is 1. The lowest BCUT2D eigenvalue weighted by molar-refractivity contribution is -0.132. The van der Waals surface area contributed by atoms with Crippen LogP contribution in [0.25, 0.3) is 16.0 Å². The van der Waals surface area contributed by atoms with Crippen LogP contribution in [-0.4, -0.2) is 21.8 Å². The number of aliphatic hydroxyl groups is 1. The molecule has 1 aromatic heterocycles. The van der Waals surface area contributed by atoms with Crippen LogP contribution in [0.2, 0.25) is 0 Å². The maximum atomic E-state index is 13.8. The number of ketones is 1. The molecule has 4 aromatic rings. The van der Waals surface area contributed by atoms with E-state index in [-0.39, 0.29) is 16.5 Å². The number of carbonyl (C=O) groups is 2. The number of nitrogens with zero attached hydrogens (tertiary/aromatic N) is 2. The van der Waals surface area contributed by atoms with Crippen LogP contribution in [0.15, 0.2) is 78.4 Å². The van der Waals surface area contributed by atoms with Gasteiger partial charge in [0.15, 0.2) is 5.13 Å². The topological polar surface area (TPSA) is 70.5 Å². The number of aliphatic hydroxyl groups excluding tert-OH is 1. The first-order chi connectivity index (χ1) is 16.3. The van der Waals surface area contributed by atoms with E-state index in [1.54, 1.807) is 30.3 Å². The van der Waals surface area contributed by atoms with Crippen LogP contribution >= 0.6 is 11.3 Å². The molecule has 0 bridgehead atoms. The van der Waals surface area contributed by atoms with Crippen LogP contribution < -0.4 is 4.90 Å². The number of amides is 1. The third-order valence-corrected chi connectivity index (χ3v) is 6.97. The number of aromatic nitrogens is 1. The van der Waals surface area contributed by atoms with Crippen molar-refractivity contribution in [1.82, 2.24) is 4.98 Å². The van der Waals surface area contributed by atoms with Crippen molar-refractivity contribution in [2.24, 2.45) is 0 Å². The van der Waals surface area contributed by atoms with Crippen LogP contribution in [0, 0.1) is 5.82 Å². The zero-order valence-electron chi connectivity index (χ0n) is 18.5. The molecule has 34 heavy (non-hydrogen) atoms. The second-order valence-corrected chi connectivity index (χ2v) is 9.47. The third-order valence-electron chi connectivity index (χ3n) is 5.96. The maximum Gasteiger partial charge on any atom is 0.301 e. The minimum atomic E-state index is -0.869. The highest BCUT2D eigenvalue weighted by molar-refractivity contribution is 7.22. The molecule has 0 radical (unpaired) electrons. The summed E-state index contributed by atoms with van der Waals surface area (Å²) in [5, 5.41) is 11.4. The molecule has 5 rings (SSSR count). The Labute approximate surface area is 199 Å². The molecule has 1 saturated heterocycles. The Bertz CT molecular complexity index is 1440. The van der Waals surface area contributed by atoms with Gasteiger partial charge in [-0.15, -0.1) is 0 Å². The van der Waals surface area contributed by atoms with Crippen molar-refractivity contribution in [3.63, 3.8) is 0 Å². The number of fused-ring (bicyclic) bond motifs is 1. The van der Waals surface area contributed by atoms with Crippen LogP contribution in [0.1, 0.15) is 42.5 Å². The lowest BCUT2D eigenvalue weighted by Gasteiger charge is -2.23. The Hall–Kier alpha value is -3.84. The Morgan fingerprint density at radius 3 is 2.41 bits per heavy atom. The van der Waals surface area contributed by atoms with E-state index in [4.69, 9.17) is 0 Å². The molecule has 1 aliphatic heterocycles. The van der Waals surface area contributed by atoms with Gasteiger partial charge in [0.25, 0.3) is 5.78 Å². The highest BCUT2D eigenvalue weighted by Gasteiger charge is 2.48. The maximum absolute atomic E-state index is 13.8. The number of anilines is 1. The number of benzene rings is 3. The molecule has 3 aromatic carbocycles. The van der Waals surface area contributed by atoms with Gasteiger partial charge < -0.3 is 5.11 Å². The SMILES string of the molecule is CC(C)c1ccc([C@@H]2/C(=C(\O)c3ccccc3)C(=O)C(=O)N2c2nc3ccc(F)cc3s2)cc1. The van der Waals surface area contributed by atoms with E-state index in [1.165, 1.54) is 23.1 Å². The van der Waals surface area contributed by atoms with Gasteiger partial charge in [-0.25, -0.2) is 9.37 Å². The second-order valence-electron chi connectivity index (χ2n) is 8.46. The van der Waals surface area contributed by atoms with E-state index in [0.717, 1.165) is 16.9 Å². The van der Waals surface area contributed by atoms with Gasteiger partial charge in [0, 0.05) is 5.56 Å². The largest absolute Gasteiger partial charge is 0.507 e. The van der Waals surface area contributed by atoms with E-state index in [0.29, 0.717) is 27.3 Å². The fourth-order valence-electron chi connectivity index (χ4n) is 4.15. The summed E-state index contributed by atoms with van der Waals surface area (Å²) in [5.74, 6) is -1.91. The van der Waals surface area contributed by atoms with Crippen molar-refractivity contribution in [3.05, 3.63) is 101 Å². The van der Waals surface area contributed by atoms with Crippen molar-refractivity contribution in [3.8, 4) is 0 Å². The molecule has 7 heteroatoms. The van der Waals surface area contributed by atoms with E-state index < -0.39 is 23.5 Å². The Morgan fingerprint density at radius 1 is 1.03 bits per heavy atom. The third kappa shape index (κ3) is 3.68. The minimum absolute atomic E-state index is 0.000987. The van der Waals surface area contributed by atoms with Crippen molar-refractivity contribution >= 4 is 44.1 Å². The summed E-state index contributed by atoms with van der Waals surface area (Å²) in [6.07, 6.45) is 0. The molecule has 1 atom stereocenters. The summed E-state index contributed by atoms with van der Waals surface area (Å²) in [7, 11) is 0. The minimum Gasteiger partial charge on any atom is -0.507 e. The van der Waals surface area contributed by atoms with Gasteiger partial charge in [-0.1, -0.05) is 79.8 Å². The molecule has 1 amide bonds. The lowest BCUT2D eigenvalue weighted by Crippen LogP contribution is -2.29. The monoisotopic (exact) mass is 472 g/mol. The summed E-state index contributed by atoms with van der Waals surface area (Å²) in [5.41, 5.74) is 2.75. The van der Waals surface area contributed by atoms with Crippen molar-refractivity contribution in [2.45, 2.75) is 25.8 Å². The van der Waals surface area contributed by atoms with Crippen LogP contribution in [0.4, 0.5) is 9.52 Å². The number of halogens is 1. The molecule has 2 heterocycles. The fraction of sp³-hybridized carbons (Fsp3) is 0.148.